The van der Waals surface area contributed by atoms with Gasteiger partial charge in [-0.25, -0.2) is 0 Å². The maximum absolute atomic E-state index is 12.6. The summed E-state index contributed by atoms with van der Waals surface area (Å²) in [5.41, 5.74) is 0. The molecule has 0 bridgehead atoms. The third-order valence-electron chi connectivity index (χ3n) is 3.61. The fourth-order valence-corrected chi connectivity index (χ4v) is 1.88. The van der Waals surface area contributed by atoms with Crippen LogP contribution in [0.2, 0.25) is 0 Å². The number of hydrogen-bond acceptors (Lipinski definition) is 4. The van der Waals surface area contributed by atoms with Crippen molar-refractivity contribution in [2.45, 2.75) is 70.9 Å². The van der Waals surface area contributed by atoms with Crippen molar-refractivity contribution in [2.24, 2.45) is 5.92 Å². The van der Waals surface area contributed by atoms with Gasteiger partial charge >= 0.3 is 24.0 Å². The molecule has 1 unspecified atom stereocenters. The summed E-state index contributed by atoms with van der Waals surface area (Å²) in [6, 6.07) is 0. The lowest BCUT2D eigenvalue weighted by Crippen LogP contribution is -2.41. The van der Waals surface area contributed by atoms with Crippen molar-refractivity contribution in [3.8, 4) is 0 Å². The van der Waals surface area contributed by atoms with Crippen LogP contribution in [-0.2, 0) is 19.1 Å². The predicted octanol–water partition coefficient (Wildman–Crippen LogP) is 4.66. The van der Waals surface area contributed by atoms with Gasteiger partial charge in [0.1, 0.15) is 0 Å². The van der Waals surface area contributed by atoms with E-state index in [1.165, 1.54) is 0 Å². The highest BCUT2D eigenvalue weighted by molar-refractivity contribution is 5.72. The first-order chi connectivity index (χ1) is 11.5. The smallest absolute Gasteiger partial charge is 0.456 e. The van der Waals surface area contributed by atoms with Gasteiger partial charge in [0.05, 0.1) is 6.61 Å². The van der Waals surface area contributed by atoms with E-state index in [1.807, 2.05) is 6.92 Å². The van der Waals surface area contributed by atoms with E-state index < -0.39 is 37.1 Å². The molecule has 25 heavy (non-hydrogen) atoms. The molecule has 0 aromatic carbocycles. The normalized spacial score (nSPS) is 13.4. The van der Waals surface area contributed by atoms with Gasteiger partial charge in [-0.05, 0) is 18.8 Å². The number of rotatable bonds is 12. The van der Waals surface area contributed by atoms with Crippen molar-refractivity contribution >= 4 is 11.9 Å². The summed E-state index contributed by atoms with van der Waals surface area (Å²) in [6.07, 6.45) is -2.49. The van der Waals surface area contributed by atoms with Crippen LogP contribution >= 0.6 is 0 Å². The van der Waals surface area contributed by atoms with Gasteiger partial charge in [0, 0.05) is 12.8 Å². The molecule has 9 heteroatoms. The van der Waals surface area contributed by atoms with Crippen LogP contribution < -0.4 is 0 Å². The Morgan fingerprint density at radius 1 is 0.920 bits per heavy atom. The Kier molecular flexibility index (Phi) is 10.6. The van der Waals surface area contributed by atoms with Crippen molar-refractivity contribution in [3.05, 3.63) is 0 Å². The molecule has 0 spiro atoms. The fourth-order valence-electron chi connectivity index (χ4n) is 1.88. The summed E-state index contributed by atoms with van der Waals surface area (Å²) in [6.45, 7) is 2.26. The minimum Gasteiger partial charge on any atom is -0.465 e. The minimum atomic E-state index is -5.77. The number of hydrogen-bond donors (Lipinski definition) is 0. The van der Waals surface area contributed by atoms with Crippen LogP contribution in [0.1, 0.15) is 58.8 Å². The Morgan fingerprint density at radius 2 is 1.48 bits per heavy atom. The van der Waals surface area contributed by atoms with Gasteiger partial charge in [-0.1, -0.05) is 33.1 Å². The molecule has 0 N–H and O–H groups in total. The van der Waals surface area contributed by atoms with Gasteiger partial charge in [-0.3, -0.25) is 9.59 Å². The van der Waals surface area contributed by atoms with E-state index in [-0.39, 0.29) is 25.4 Å². The minimum absolute atomic E-state index is 0.0407. The molecule has 0 aliphatic heterocycles. The maximum atomic E-state index is 12.6. The lowest BCUT2D eigenvalue weighted by Gasteiger charge is -2.19. The molecule has 0 saturated carbocycles. The Hall–Kier alpha value is -1.41. The van der Waals surface area contributed by atoms with Gasteiger partial charge in [-0.2, -0.15) is 22.0 Å². The van der Waals surface area contributed by atoms with Crippen molar-refractivity contribution < 1.29 is 41.0 Å². The molecule has 148 valence electrons. The second-order valence-corrected chi connectivity index (χ2v) is 5.82. The third-order valence-corrected chi connectivity index (χ3v) is 3.61. The first-order valence-corrected chi connectivity index (χ1v) is 8.29. The molecule has 0 rings (SSSR count). The summed E-state index contributed by atoms with van der Waals surface area (Å²) in [4.78, 5) is 22.7. The van der Waals surface area contributed by atoms with E-state index in [4.69, 9.17) is 4.74 Å². The molecule has 4 nitrogen and oxygen atoms in total. The van der Waals surface area contributed by atoms with Gasteiger partial charge in [0.15, 0.2) is 6.61 Å². The van der Waals surface area contributed by atoms with Crippen LogP contribution in [-0.4, -0.2) is 37.3 Å². The van der Waals surface area contributed by atoms with Crippen LogP contribution in [0.15, 0.2) is 0 Å². The quantitative estimate of drug-likeness (QED) is 0.367. The zero-order chi connectivity index (χ0) is 19.5. The topological polar surface area (TPSA) is 52.6 Å². The van der Waals surface area contributed by atoms with Gasteiger partial charge in [-0.15, -0.1) is 0 Å². The van der Waals surface area contributed by atoms with Gasteiger partial charge in [0.2, 0.25) is 0 Å². The van der Waals surface area contributed by atoms with Gasteiger partial charge in [0.25, 0.3) is 0 Å². The zero-order valence-electron chi connectivity index (χ0n) is 14.5. The molecular formula is C16H25F5O4. The Labute approximate surface area is 144 Å². The molecule has 1 atom stereocenters. The highest BCUT2D eigenvalue weighted by atomic mass is 19.4. The Bertz CT molecular complexity index is 410. The summed E-state index contributed by atoms with van der Waals surface area (Å²) in [7, 11) is 0. The van der Waals surface area contributed by atoms with Crippen LogP contribution in [0.3, 0.4) is 0 Å². The van der Waals surface area contributed by atoms with Crippen molar-refractivity contribution in [1.29, 1.82) is 0 Å². The number of carbonyl (C=O) groups excluding carboxylic acids is 2. The standard InChI is InChI=1S/C16H25F5O4/c1-3-5-7-12(4-2)10-24-13(22)8-6-9-14(23)25-11-15(17,18)16(19,20)21/h12H,3-11H2,1-2H3. The summed E-state index contributed by atoms with van der Waals surface area (Å²) in [5, 5.41) is 0. The molecule has 0 aromatic heterocycles. The van der Waals surface area contributed by atoms with E-state index >= 15 is 0 Å². The van der Waals surface area contributed by atoms with E-state index in [9.17, 15) is 31.5 Å². The van der Waals surface area contributed by atoms with E-state index in [0.717, 1.165) is 25.7 Å². The molecule has 0 heterocycles. The molecule has 0 aliphatic rings. The van der Waals surface area contributed by atoms with Crippen LogP contribution in [0, 0.1) is 5.92 Å². The van der Waals surface area contributed by atoms with Crippen molar-refractivity contribution in [1.82, 2.24) is 0 Å². The zero-order valence-corrected chi connectivity index (χ0v) is 14.5. The van der Waals surface area contributed by atoms with Crippen LogP contribution in [0.5, 0.6) is 0 Å². The lowest BCUT2D eigenvalue weighted by atomic mass is 10.0. The lowest BCUT2D eigenvalue weighted by molar-refractivity contribution is -0.294. The second kappa shape index (κ2) is 11.3. The van der Waals surface area contributed by atoms with Crippen LogP contribution in [0.4, 0.5) is 22.0 Å². The molecule has 0 fully saturated rings. The number of halogens is 5. The molecule has 0 radical (unpaired) electrons. The second-order valence-electron chi connectivity index (χ2n) is 5.82. The van der Waals surface area contributed by atoms with E-state index in [1.54, 1.807) is 0 Å². The van der Waals surface area contributed by atoms with E-state index in [2.05, 4.69) is 11.7 Å². The Morgan fingerprint density at radius 3 is 1.96 bits per heavy atom. The number of esters is 2. The van der Waals surface area contributed by atoms with E-state index in [0.29, 0.717) is 0 Å². The molecule has 0 aromatic rings. The maximum Gasteiger partial charge on any atom is 0.456 e. The number of ether oxygens (including phenoxy) is 2. The first-order valence-electron chi connectivity index (χ1n) is 8.29. The molecule has 0 amide bonds. The first kappa shape index (κ1) is 23.6. The molecule has 0 aliphatic carbocycles. The number of unbranched alkanes of at least 4 members (excludes halogenated alkanes) is 1. The monoisotopic (exact) mass is 376 g/mol. The summed E-state index contributed by atoms with van der Waals surface area (Å²) < 4.78 is 69.8. The molecule has 0 saturated heterocycles. The molecular weight excluding hydrogens is 351 g/mol. The largest absolute Gasteiger partial charge is 0.465 e. The number of alkyl halides is 5. The summed E-state index contributed by atoms with van der Waals surface area (Å²) >= 11 is 0. The predicted molar refractivity (Wildman–Crippen MR) is 80.1 cm³/mol. The average Bonchev–Trinajstić information content (AvgIpc) is 2.52. The average molecular weight is 376 g/mol. The van der Waals surface area contributed by atoms with Crippen molar-refractivity contribution in [3.63, 3.8) is 0 Å². The Balaban J connectivity index is 3.95. The highest BCUT2D eigenvalue weighted by Crippen LogP contribution is 2.35. The summed E-state index contributed by atoms with van der Waals surface area (Å²) in [5.74, 6) is -6.58. The third kappa shape index (κ3) is 10.2. The highest BCUT2D eigenvalue weighted by Gasteiger charge is 2.58. The SMILES string of the molecule is CCCCC(CC)COC(=O)CCCC(=O)OCC(F)(F)C(F)(F)F. The van der Waals surface area contributed by atoms with Crippen molar-refractivity contribution in [2.75, 3.05) is 13.2 Å². The van der Waals surface area contributed by atoms with Gasteiger partial charge < -0.3 is 9.47 Å². The number of carbonyl (C=O) groups is 2. The van der Waals surface area contributed by atoms with Crippen LogP contribution in [0.25, 0.3) is 0 Å². The fraction of sp³-hybridized carbons (Fsp3) is 0.875.